The van der Waals surface area contributed by atoms with Gasteiger partial charge in [-0.15, -0.1) is 0 Å². The van der Waals surface area contributed by atoms with Gasteiger partial charge in [-0.25, -0.2) is 22.3 Å². The Kier molecular flexibility index (Phi) is 6.22. The minimum atomic E-state index is -4.51. The molecule has 0 aliphatic rings. The Bertz CT molecular complexity index is 925. The summed E-state index contributed by atoms with van der Waals surface area (Å²) < 4.78 is 82.2. The monoisotopic (exact) mass is 405 g/mol. The van der Waals surface area contributed by atoms with Crippen LogP contribution in [0.3, 0.4) is 0 Å². The van der Waals surface area contributed by atoms with Crippen molar-refractivity contribution in [2.24, 2.45) is 0 Å². The molecule has 0 fully saturated rings. The number of sulfonamides is 1. The van der Waals surface area contributed by atoms with E-state index < -0.39 is 39.3 Å². The Hall–Kier alpha value is -2.46. The Morgan fingerprint density at radius 3 is 2.26 bits per heavy atom. The van der Waals surface area contributed by atoms with Crippen LogP contribution in [0.1, 0.15) is 27.0 Å². The smallest absolute Gasteiger partial charge is 0.416 e. The first-order chi connectivity index (χ1) is 12.5. The van der Waals surface area contributed by atoms with Crippen molar-refractivity contribution < 1.29 is 35.5 Å². The Morgan fingerprint density at radius 1 is 1.11 bits per heavy atom. The standard InChI is InChI=1S/C17H15F4NO4S/c1-26-16(23)12-4-5-13(15(18)8-12)9-22-27(24,25)10-11-2-6-14(7-3-11)17(19,20)21/h2-8,22H,9-10H2,1H3. The molecule has 146 valence electrons. The van der Waals surface area contributed by atoms with Crippen LogP contribution in [0.15, 0.2) is 42.5 Å². The third kappa shape index (κ3) is 5.76. The molecule has 10 heteroatoms. The molecule has 0 unspecified atom stereocenters. The molecule has 0 aliphatic heterocycles. The van der Waals surface area contributed by atoms with Crippen LogP contribution in [-0.4, -0.2) is 21.5 Å². The number of ether oxygens (including phenoxy) is 1. The second kappa shape index (κ2) is 8.05. The molecule has 1 N–H and O–H groups in total. The number of carbonyl (C=O) groups excluding carboxylic acids is 1. The van der Waals surface area contributed by atoms with Gasteiger partial charge in [0.1, 0.15) is 5.82 Å². The third-order valence-electron chi connectivity index (χ3n) is 3.59. The fourth-order valence-corrected chi connectivity index (χ4v) is 3.29. The highest BCUT2D eigenvalue weighted by Crippen LogP contribution is 2.29. The number of carbonyl (C=O) groups is 1. The highest BCUT2D eigenvalue weighted by molar-refractivity contribution is 7.88. The summed E-state index contributed by atoms with van der Waals surface area (Å²) in [5.74, 6) is -2.09. The number of benzene rings is 2. The Balaban J connectivity index is 2.03. The van der Waals surface area contributed by atoms with Gasteiger partial charge in [0.15, 0.2) is 0 Å². The van der Waals surface area contributed by atoms with E-state index in [4.69, 9.17) is 0 Å². The van der Waals surface area contributed by atoms with Crippen molar-refractivity contribution in [1.82, 2.24) is 4.72 Å². The van der Waals surface area contributed by atoms with Gasteiger partial charge in [0, 0.05) is 12.1 Å². The molecule has 2 rings (SSSR count). The van der Waals surface area contributed by atoms with Gasteiger partial charge in [-0.1, -0.05) is 18.2 Å². The summed E-state index contributed by atoms with van der Waals surface area (Å²) in [6.45, 7) is -0.379. The van der Waals surface area contributed by atoms with E-state index in [1.165, 1.54) is 12.1 Å². The average molecular weight is 405 g/mol. The molecule has 0 saturated carbocycles. The quantitative estimate of drug-likeness (QED) is 0.592. The van der Waals surface area contributed by atoms with Crippen LogP contribution in [0.2, 0.25) is 0 Å². The largest absolute Gasteiger partial charge is 0.465 e. The number of halogens is 4. The molecule has 5 nitrogen and oxygen atoms in total. The molecule has 0 radical (unpaired) electrons. The Morgan fingerprint density at radius 2 is 1.74 bits per heavy atom. The number of alkyl halides is 3. The maximum absolute atomic E-state index is 14.0. The van der Waals surface area contributed by atoms with Crippen LogP contribution in [0.5, 0.6) is 0 Å². The van der Waals surface area contributed by atoms with E-state index in [2.05, 4.69) is 9.46 Å². The molecular formula is C17H15F4NO4S. The molecule has 0 aromatic heterocycles. The van der Waals surface area contributed by atoms with Gasteiger partial charge in [0.2, 0.25) is 10.0 Å². The molecule has 0 bridgehead atoms. The number of rotatable bonds is 6. The number of esters is 1. The fourth-order valence-electron chi connectivity index (χ4n) is 2.18. The molecule has 0 aliphatic carbocycles. The summed E-state index contributed by atoms with van der Waals surface area (Å²) in [7, 11) is -2.78. The molecule has 0 atom stereocenters. The first kappa shape index (κ1) is 20.8. The maximum Gasteiger partial charge on any atom is 0.416 e. The highest BCUT2D eigenvalue weighted by atomic mass is 32.2. The molecule has 2 aromatic carbocycles. The normalized spacial score (nSPS) is 12.0. The average Bonchev–Trinajstić information content (AvgIpc) is 2.59. The van der Waals surface area contributed by atoms with Crippen molar-refractivity contribution in [3.8, 4) is 0 Å². The van der Waals surface area contributed by atoms with Crippen molar-refractivity contribution >= 4 is 16.0 Å². The second-order valence-electron chi connectivity index (χ2n) is 5.57. The van der Waals surface area contributed by atoms with Gasteiger partial charge in [-0.2, -0.15) is 13.2 Å². The first-order valence-corrected chi connectivity index (χ1v) is 9.17. The lowest BCUT2D eigenvalue weighted by Gasteiger charge is -2.10. The minimum absolute atomic E-state index is 0.00125. The number of hydrogen-bond donors (Lipinski definition) is 1. The lowest BCUT2D eigenvalue weighted by Crippen LogP contribution is -2.25. The number of hydrogen-bond acceptors (Lipinski definition) is 4. The predicted molar refractivity (Wildman–Crippen MR) is 88.6 cm³/mol. The summed E-state index contributed by atoms with van der Waals surface area (Å²) in [5, 5.41) is 0. The SMILES string of the molecule is COC(=O)c1ccc(CNS(=O)(=O)Cc2ccc(C(F)(F)F)cc2)c(F)c1. The van der Waals surface area contributed by atoms with Crippen LogP contribution in [0.25, 0.3) is 0 Å². The topological polar surface area (TPSA) is 72.5 Å². The van der Waals surface area contributed by atoms with Gasteiger partial charge in [0.05, 0.1) is 24.0 Å². The Labute approximate surface area is 153 Å². The van der Waals surface area contributed by atoms with Crippen LogP contribution in [0, 0.1) is 5.82 Å². The summed E-state index contributed by atoms with van der Waals surface area (Å²) >= 11 is 0. The number of methoxy groups -OCH3 is 1. The predicted octanol–water partition coefficient (Wildman–Crippen LogP) is 3.25. The van der Waals surface area contributed by atoms with E-state index in [9.17, 15) is 30.8 Å². The molecule has 0 amide bonds. The van der Waals surface area contributed by atoms with Gasteiger partial charge >= 0.3 is 12.1 Å². The van der Waals surface area contributed by atoms with E-state index in [1.807, 2.05) is 0 Å². The van der Waals surface area contributed by atoms with E-state index in [1.54, 1.807) is 0 Å². The minimum Gasteiger partial charge on any atom is -0.465 e. The highest BCUT2D eigenvalue weighted by Gasteiger charge is 2.30. The first-order valence-electron chi connectivity index (χ1n) is 7.52. The van der Waals surface area contributed by atoms with Crippen molar-refractivity contribution in [2.75, 3.05) is 7.11 Å². The van der Waals surface area contributed by atoms with E-state index in [0.29, 0.717) is 0 Å². The zero-order chi connectivity index (χ0) is 20.2. The van der Waals surface area contributed by atoms with Crippen molar-refractivity contribution in [1.29, 1.82) is 0 Å². The molecule has 0 spiro atoms. The van der Waals surface area contributed by atoms with Gasteiger partial charge in [-0.3, -0.25) is 0 Å². The maximum atomic E-state index is 14.0. The van der Waals surface area contributed by atoms with Gasteiger partial charge < -0.3 is 4.74 Å². The molecule has 0 heterocycles. The van der Waals surface area contributed by atoms with E-state index in [0.717, 1.165) is 37.4 Å². The fraction of sp³-hybridized carbons (Fsp3) is 0.235. The van der Waals surface area contributed by atoms with E-state index >= 15 is 0 Å². The summed E-state index contributed by atoms with van der Waals surface area (Å²) in [5.41, 5.74) is -0.758. The lowest BCUT2D eigenvalue weighted by atomic mass is 10.1. The van der Waals surface area contributed by atoms with Crippen molar-refractivity contribution in [3.05, 3.63) is 70.5 Å². The van der Waals surface area contributed by atoms with Crippen molar-refractivity contribution in [3.63, 3.8) is 0 Å². The van der Waals surface area contributed by atoms with Crippen LogP contribution in [-0.2, 0) is 33.2 Å². The molecule has 0 saturated heterocycles. The van der Waals surface area contributed by atoms with Crippen LogP contribution in [0.4, 0.5) is 17.6 Å². The van der Waals surface area contributed by atoms with Crippen LogP contribution < -0.4 is 4.72 Å². The number of nitrogens with one attached hydrogen (secondary N) is 1. The van der Waals surface area contributed by atoms with Crippen LogP contribution >= 0.6 is 0 Å². The zero-order valence-electron chi connectivity index (χ0n) is 14.0. The van der Waals surface area contributed by atoms with Gasteiger partial charge in [-0.05, 0) is 29.8 Å². The molecule has 27 heavy (non-hydrogen) atoms. The second-order valence-corrected chi connectivity index (χ2v) is 7.38. The molecule has 2 aromatic rings. The van der Waals surface area contributed by atoms with Gasteiger partial charge in [0.25, 0.3) is 0 Å². The van der Waals surface area contributed by atoms with E-state index in [-0.39, 0.29) is 23.2 Å². The summed E-state index contributed by atoms with van der Waals surface area (Å²) in [6.07, 6.45) is -4.51. The molecular weight excluding hydrogens is 390 g/mol. The zero-order valence-corrected chi connectivity index (χ0v) is 14.8. The summed E-state index contributed by atoms with van der Waals surface area (Å²) in [6, 6.07) is 7.15. The lowest BCUT2D eigenvalue weighted by molar-refractivity contribution is -0.137. The third-order valence-corrected chi connectivity index (χ3v) is 4.89. The van der Waals surface area contributed by atoms with Crippen molar-refractivity contribution in [2.45, 2.75) is 18.5 Å². The summed E-state index contributed by atoms with van der Waals surface area (Å²) in [4.78, 5) is 11.3.